The molecular formula is C52H34N4. The molecule has 0 unspecified atom stereocenters. The SMILES string of the molecule is c1ccc(-c2ccc(-c3nc(-c4ccc(-c5ccccc5)cc4)nc(-c4cccc(-c5ccc(-c6ccc7c(c6)ncc6ccccc67)cc5)c4)n3)cc2)cc1. The predicted octanol–water partition coefficient (Wildman–Crippen LogP) is 13.2. The van der Waals surface area contributed by atoms with Crippen LogP contribution in [-0.2, 0) is 0 Å². The van der Waals surface area contributed by atoms with Crippen LogP contribution in [0.1, 0.15) is 0 Å². The molecule has 10 aromatic rings. The summed E-state index contributed by atoms with van der Waals surface area (Å²) in [4.78, 5) is 19.9. The summed E-state index contributed by atoms with van der Waals surface area (Å²) in [5.74, 6) is 1.88. The van der Waals surface area contributed by atoms with Gasteiger partial charge in [0.2, 0.25) is 0 Å². The lowest BCUT2D eigenvalue weighted by atomic mass is 9.97. The van der Waals surface area contributed by atoms with Crippen LogP contribution in [0, 0.1) is 0 Å². The Balaban J connectivity index is 0.995. The van der Waals surface area contributed by atoms with Crippen molar-refractivity contribution in [3.05, 3.63) is 206 Å². The quantitative estimate of drug-likeness (QED) is 0.154. The van der Waals surface area contributed by atoms with Gasteiger partial charge in [0.15, 0.2) is 17.5 Å². The summed E-state index contributed by atoms with van der Waals surface area (Å²) >= 11 is 0. The molecule has 0 radical (unpaired) electrons. The standard InChI is InChI=1S/C52H34N4/c1-3-10-35(11-4-1)37-22-26-41(27-23-37)50-54-51(42-28-24-38(25-29-42)36-12-5-2-6-13-36)56-52(55-50)45-16-9-15-43(32-45)39-18-20-40(21-19-39)44-30-31-48-47-17-8-7-14-46(47)34-53-49(48)33-44/h1-34H. The Morgan fingerprint density at radius 2 is 0.643 bits per heavy atom. The Bertz CT molecular complexity index is 2880. The minimum Gasteiger partial charge on any atom is -0.256 e. The van der Waals surface area contributed by atoms with Gasteiger partial charge in [0, 0.05) is 33.7 Å². The van der Waals surface area contributed by atoms with Crippen molar-refractivity contribution in [1.82, 2.24) is 19.9 Å². The highest BCUT2D eigenvalue weighted by Gasteiger charge is 2.14. The molecule has 0 N–H and O–H groups in total. The molecule has 0 aliphatic rings. The van der Waals surface area contributed by atoms with Gasteiger partial charge in [-0.25, -0.2) is 15.0 Å². The van der Waals surface area contributed by atoms with E-state index in [-0.39, 0.29) is 0 Å². The smallest absolute Gasteiger partial charge is 0.164 e. The van der Waals surface area contributed by atoms with E-state index in [1.165, 1.54) is 21.9 Å². The van der Waals surface area contributed by atoms with Gasteiger partial charge in [0.1, 0.15) is 0 Å². The highest BCUT2D eigenvalue weighted by Crippen LogP contribution is 2.33. The van der Waals surface area contributed by atoms with Crippen molar-refractivity contribution < 1.29 is 0 Å². The number of hydrogen-bond acceptors (Lipinski definition) is 4. The van der Waals surface area contributed by atoms with Gasteiger partial charge in [-0.15, -0.1) is 0 Å². The van der Waals surface area contributed by atoms with Gasteiger partial charge in [0.25, 0.3) is 0 Å². The zero-order valence-electron chi connectivity index (χ0n) is 30.4. The minimum absolute atomic E-state index is 0.624. The summed E-state index contributed by atoms with van der Waals surface area (Å²) in [5, 5.41) is 3.54. The van der Waals surface area contributed by atoms with Gasteiger partial charge in [-0.1, -0.05) is 188 Å². The minimum atomic E-state index is 0.624. The second kappa shape index (κ2) is 14.3. The Morgan fingerprint density at radius 3 is 1.21 bits per heavy atom. The van der Waals surface area contributed by atoms with Crippen molar-refractivity contribution in [2.24, 2.45) is 0 Å². The lowest BCUT2D eigenvalue weighted by Gasteiger charge is -2.11. The topological polar surface area (TPSA) is 51.6 Å². The Kier molecular flexibility index (Phi) is 8.47. The fourth-order valence-corrected chi connectivity index (χ4v) is 7.38. The summed E-state index contributed by atoms with van der Waals surface area (Å²) < 4.78 is 0. The Morgan fingerprint density at radius 1 is 0.250 bits per heavy atom. The van der Waals surface area contributed by atoms with E-state index in [0.29, 0.717) is 17.5 Å². The molecule has 0 atom stereocenters. The number of nitrogens with zero attached hydrogens (tertiary/aromatic N) is 4. The second-order valence-corrected chi connectivity index (χ2v) is 13.9. The molecule has 0 fully saturated rings. The summed E-state index contributed by atoms with van der Waals surface area (Å²) in [6.07, 6.45) is 1.96. The maximum atomic E-state index is 5.07. The van der Waals surface area contributed by atoms with Crippen molar-refractivity contribution in [1.29, 1.82) is 0 Å². The van der Waals surface area contributed by atoms with E-state index in [2.05, 4.69) is 188 Å². The number of pyridine rings is 1. The van der Waals surface area contributed by atoms with Crippen molar-refractivity contribution in [3.63, 3.8) is 0 Å². The van der Waals surface area contributed by atoms with Gasteiger partial charge in [-0.05, 0) is 62.0 Å². The van der Waals surface area contributed by atoms with Crippen LogP contribution < -0.4 is 0 Å². The van der Waals surface area contributed by atoms with Gasteiger partial charge >= 0.3 is 0 Å². The third-order valence-corrected chi connectivity index (χ3v) is 10.4. The van der Waals surface area contributed by atoms with Crippen molar-refractivity contribution in [3.8, 4) is 78.7 Å². The normalized spacial score (nSPS) is 11.2. The van der Waals surface area contributed by atoms with E-state index >= 15 is 0 Å². The molecule has 56 heavy (non-hydrogen) atoms. The molecule has 10 rings (SSSR count). The zero-order valence-corrected chi connectivity index (χ0v) is 30.4. The molecule has 0 aliphatic carbocycles. The molecule has 0 saturated heterocycles. The Labute approximate surface area is 325 Å². The van der Waals surface area contributed by atoms with Gasteiger partial charge in [0.05, 0.1) is 5.52 Å². The van der Waals surface area contributed by atoms with Gasteiger partial charge in [-0.3, -0.25) is 4.98 Å². The lowest BCUT2D eigenvalue weighted by molar-refractivity contribution is 1.07. The summed E-state index contributed by atoms with van der Waals surface area (Å²) in [5.41, 5.74) is 12.9. The molecule has 0 spiro atoms. The fourth-order valence-electron chi connectivity index (χ4n) is 7.38. The molecular weight excluding hydrogens is 681 g/mol. The maximum Gasteiger partial charge on any atom is 0.164 e. The molecule has 2 heterocycles. The number of hydrogen-bond donors (Lipinski definition) is 0. The van der Waals surface area contributed by atoms with E-state index in [1.807, 2.05) is 18.3 Å². The molecule has 4 nitrogen and oxygen atoms in total. The van der Waals surface area contributed by atoms with Crippen LogP contribution >= 0.6 is 0 Å². The number of benzene rings is 8. The van der Waals surface area contributed by atoms with Gasteiger partial charge in [-0.2, -0.15) is 0 Å². The Hall–Kier alpha value is -7.56. The lowest BCUT2D eigenvalue weighted by Crippen LogP contribution is -2.00. The fraction of sp³-hybridized carbons (Fsp3) is 0. The number of fused-ring (bicyclic) bond motifs is 3. The number of aromatic nitrogens is 4. The molecule has 0 saturated carbocycles. The molecule has 262 valence electrons. The zero-order chi connectivity index (χ0) is 37.3. The monoisotopic (exact) mass is 714 g/mol. The molecule has 4 heteroatoms. The molecule has 0 aliphatic heterocycles. The van der Waals surface area contributed by atoms with E-state index in [1.54, 1.807) is 0 Å². The van der Waals surface area contributed by atoms with E-state index in [9.17, 15) is 0 Å². The van der Waals surface area contributed by atoms with Crippen molar-refractivity contribution >= 4 is 21.7 Å². The average Bonchev–Trinajstić information content (AvgIpc) is 3.29. The van der Waals surface area contributed by atoms with E-state index in [0.717, 1.165) is 61.0 Å². The third-order valence-electron chi connectivity index (χ3n) is 10.4. The first-order chi connectivity index (χ1) is 27.7. The summed E-state index contributed by atoms with van der Waals surface area (Å²) in [7, 11) is 0. The number of rotatable bonds is 7. The molecule has 8 aromatic carbocycles. The summed E-state index contributed by atoms with van der Waals surface area (Å²) in [6.45, 7) is 0. The first-order valence-corrected chi connectivity index (χ1v) is 18.8. The van der Waals surface area contributed by atoms with Crippen LogP contribution in [0.2, 0.25) is 0 Å². The van der Waals surface area contributed by atoms with Crippen molar-refractivity contribution in [2.75, 3.05) is 0 Å². The van der Waals surface area contributed by atoms with Crippen LogP contribution in [0.15, 0.2) is 206 Å². The third kappa shape index (κ3) is 6.50. The first kappa shape index (κ1) is 33.0. The van der Waals surface area contributed by atoms with Crippen LogP contribution in [-0.4, -0.2) is 19.9 Å². The predicted molar refractivity (Wildman–Crippen MR) is 231 cm³/mol. The van der Waals surface area contributed by atoms with Crippen LogP contribution in [0.3, 0.4) is 0 Å². The van der Waals surface area contributed by atoms with Crippen LogP contribution in [0.4, 0.5) is 0 Å². The first-order valence-electron chi connectivity index (χ1n) is 18.8. The highest BCUT2D eigenvalue weighted by molar-refractivity contribution is 6.06. The molecule has 0 bridgehead atoms. The highest BCUT2D eigenvalue weighted by atomic mass is 15.0. The van der Waals surface area contributed by atoms with E-state index < -0.39 is 0 Å². The van der Waals surface area contributed by atoms with Crippen molar-refractivity contribution in [2.45, 2.75) is 0 Å². The van der Waals surface area contributed by atoms with Crippen LogP contribution in [0.25, 0.3) is 100 Å². The average molecular weight is 715 g/mol. The van der Waals surface area contributed by atoms with Gasteiger partial charge < -0.3 is 0 Å². The largest absolute Gasteiger partial charge is 0.256 e. The van der Waals surface area contributed by atoms with Crippen LogP contribution in [0.5, 0.6) is 0 Å². The summed E-state index contributed by atoms with van der Waals surface area (Å²) in [6, 6.07) is 69.8. The molecule has 0 amide bonds. The maximum absolute atomic E-state index is 5.07. The second-order valence-electron chi connectivity index (χ2n) is 13.9. The van der Waals surface area contributed by atoms with E-state index in [4.69, 9.17) is 19.9 Å². The molecule has 2 aromatic heterocycles.